The number of methoxy groups -OCH3 is 1. The fourth-order valence-corrected chi connectivity index (χ4v) is 2.80. The summed E-state index contributed by atoms with van der Waals surface area (Å²) in [6.45, 7) is 2.17. The van der Waals surface area contributed by atoms with Gasteiger partial charge in [-0.1, -0.05) is 6.92 Å². The van der Waals surface area contributed by atoms with Crippen molar-refractivity contribution in [1.29, 1.82) is 0 Å². The maximum Gasteiger partial charge on any atom is 0.251 e. The zero-order valence-corrected chi connectivity index (χ0v) is 12.7. The summed E-state index contributed by atoms with van der Waals surface area (Å²) >= 11 is 0. The van der Waals surface area contributed by atoms with Crippen LogP contribution < -0.4 is 15.8 Å². The maximum atomic E-state index is 12.4. The third kappa shape index (κ3) is 3.47. The number of aliphatic hydroxyl groups is 1. The second-order valence-corrected chi connectivity index (χ2v) is 6.03. The van der Waals surface area contributed by atoms with E-state index in [0.29, 0.717) is 22.9 Å². The fraction of sp³-hybridized carbons (Fsp3) is 0.562. The van der Waals surface area contributed by atoms with Crippen molar-refractivity contribution in [1.82, 2.24) is 5.32 Å². The highest BCUT2D eigenvalue weighted by molar-refractivity contribution is 5.95. The summed E-state index contributed by atoms with van der Waals surface area (Å²) in [4.78, 5) is 12.4. The number of aliphatic hydroxyl groups excluding tert-OH is 1. The molecule has 1 fully saturated rings. The standard InChI is InChI=1S/C16H24N2O3/c1-11-5-7-16(10-19,8-6-11)18-15(20)12-3-4-13(17)14(9-12)21-2/h3-4,9,11,19H,5-8,10,17H2,1-2H3,(H,18,20). The number of nitrogens with one attached hydrogen (secondary N) is 1. The van der Waals surface area contributed by atoms with Gasteiger partial charge in [-0.3, -0.25) is 4.79 Å². The van der Waals surface area contributed by atoms with Crippen LogP contribution >= 0.6 is 0 Å². The van der Waals surface area contributed by atoms with Gasteiger partial charge in [0.1, 0.15) is 5.75 Å². The molecule has 1 aliphatic carbocycles. The first-order valence-electron chi connectivity index (χ1n) is 7.36. The molecule has 0 atom stereocenters. The molecule has 0 spiro atoms. The van der Waals surface area contributed by atoms with Crippen molar-refractivity contribution in [3.8, 4) is 5.75 Å². The van der Waals surface area contributed by atoms with Gasteiger partial charge in [-0.25, -0.2) is 0 Å². The average molecular weight is 292 g/mol. The SMILES string of the molecule is COc1cc(C(=O)NC2(CO)CCC(C)CC2)ccc1N. The highest BCUT2D eigenvalue weighted by Gasteiger charge is 2.35. The van der Waals surface area contributed by atoms with E-state index in [1.54, 1.807) is 18.2 Å². The first-order chi connectivity index (χ1) is 9.99. The van der Waals surface area contributed by atoms with Gasteiger partial charge in [0.25, 0.3) is 5.91 Å². The topological polar surface area (TPSA) is 84.6 Å². The fourth-order valence-electron chi connectivity index (χ4n) is 2.80. The molecule has 2 rings (SSSR count). The minimum Gasteiger partial charge on any atom is -0.495 e. The summed E-state index contributed by atoms with van der Waals surface area (Å²) < 4.78 is 5.14. The van der Waals surface area contributed by atoms with Crippen LogP contribution in [0.1, 0.15) is 43.0 Å². The molecule has 1 saturated carbocycles. The third-order valence-electron chi connectivity index (χ3n) is 4.41. The van der Waals surface area contributed by atoms with Gasteiger partial charge in [-0.2, -0.15) is 0 Å². The Bertz CT molecular complexity index is 508. The van der Waals surface area contributed by atoms with Crippen molar-refractivity contribution in [2.45, 2.75) is 38.1 Å². The van der Waals surface area contributed by atoms with Crippen molar-refractivity contribution in [2.75, 3.05) is 19.5 Å². The smallest absolute Gasteiger partial charge is 0.251 e. The molecule has 1 aromatic rings. The lowest BCUT2D eigenvalue weighted by molar-refractivity contribution is 0.0717. The van der Waals surface area contributed by atoms with E-state index in [2.05, 4.69) is 12.2 Å². The molecule has 0 saturated heterocycles. The Hall–Kier alpha value is -1.75. The highest BCUT2D eigenvalue weighted by atomic mass is 16.5. The number of nitrogen functional groups attached to an aromatic ring is 1. The predicted octanol–water partition coefficient (Wildman–Crippen LogP) is 1.95. The summed E-state index contributed by atoms with van der Waals surface area (Å²) in [7, 11) is 1.52. The second-order valence-electron chi connectivity index (χ2n) is 6.03. The molecule has 0 heterocycles. The Morgan fingerprint density at radius 2 is 2.14 bits per heavy atom. The van der Waals surface area contributed by atoms with Crippen LogP contribution in [-0.2, 0) is 0 Å². The Morgan fingerprint density at radius 1 is 1.48 bits per heavy atom. The van der Waals surface area contributed by atoms with Crippen molar-refractivity contribution in [3.63, 3.8) is 0 Å². The number of hydrogen-bond donors (Lipinski definition) is 3. The average Bonchev–Trinajstić information content (AvgIpc) is 2.50. The van der Waals surface area contributed by atoms with Gasteiger partial charge in [0.2, 0.25) is 0 Å². The summed E-state index contributed by atoms with van der Waals surface area (Å²) in [5, 5.41) is 12.7. The molecule has 21 heavy (non-hydrogen) atoms. The van der Waals surface area contributed by atoms with Gasteiger partial charge in [0.15, 0.2) is 0 Å². The molecule has 1 amide bonds. The number of carbonyl (C=O) groups excluding carboxylic acids is 1. The molecule has 0 unspecified atom stereocenters. The number of rotatable bonds is 4. The monoisotopic (exact) mass is 292 g/mol. The quantitative estimate of drug-likeness (QED) is 0.741. The van der Waals surface area contributed by atoms with Crippen LogP contribution in [0.5, 0.6) is 5.75 Å². The van der Waals surface area contributed by atoms with Crippen molar-refractivity contribution in [2.24, 2.45) is 5.92 Å². The van der Waals surface area contributed by atoms with Crippen LogP contribution in [-0.4, -0.2) is 30.3 Å². The number of nitrogens with two attached hydrogens (primary N) is 1. The van der Waals surface area contributed by atoms with Crippen LogP contribution in [0, 0.1) is 5.92 Å². The molecule has 4 N–H and O–H groups in total. The third-order valence-corrected chi connectivity index (χ3v) is 4.41. The van der Waals surface area contributed by atoms with E-state index in [9.17, 15) is 9.90 Å². The molecular weight excluding hydrogens is 268 g/mol. The van der Waals surface area contributed by atoms with Crippen LogP contribution in [0.3, 0.4) is 0 Å². The molecule has 0 aliphatic heterocycles. The van der Waals surface area contributed by atoms with Crippen molar-refractivity contribution in [3.05, 3.63) is 23.8 Å². The minimum absolute atomic E-state index is 0.0302. The number of ether oxygens (including phenoxy) is 1. The zero-order valence-electron chi connectivity index (χ0n) is 12.7. The van der Waals surface area contributed by atoms with Gasteiger partial charge in [0.05, 0.1) is 24.9 Å². The maximum absolute atomic E-state index is 12.4. The van der Waals surface area contributed by atoms with Crippen LogP contribution in [0.15, 0.2) is 18.2 Å². The second kappa shape index (κ2) is 6.35. The molecule has 5 heteroatoms. The van der Waals surface area contributed by atoms with E-state index in [-0.39, 0.29) is 12.5 Å². The number of carbonyl (C=O) groups is 1. The summed E-state index contributed by atoms with van der Waals surface area (Å²) in [5.74, 6) is 0.938. The van der Waals surface area contributed by atoms with Gasteiger partial charge < -0.3 is 20.9 Å². The Kier molecular flexibility index (Phi) is 4.73. The van der Waals surface area contributed by atoms with Crippen molar-refractivity contribution >= 4 is 11.6 Å². The molecule has 0 bridgehead atoms. The normalized spacial score (nSPS) is 25.4. The Labute approximate surface area is 125 Å². The van der Waals surface area contributed by atoms with E-state index in [1.807, 2.05) is 0 Å². The van der Waals surface area contributed by atoms with Crippen molar-refractivity contribution < 1.29 is 14.6 Å². The zero-order chi connectivity index (χ0) is 15.5. The van der Waals surface area contributed by atoms with Gasteiger partial charge in [-0.15, -0.1) is 0 Å². The van der Waals surface area contributed by atoms with Crippen LogP contribution in [0.25, 0.3) is 0 Å². The van der Waals surface area contributed by atoms with Gasteiger partial charge in [-0.05, 0) is 49.8 Å². The Morgan fingerprint density at radius 3 is 2.71 bits per heavy atom. The van der Waals surface area contributed by atoms with Crippen LogP contribution in [0.2, 0.25) is 0 Å². The lowest BCUT2D eigenvalue weighted by atomic mass is 9.77. The van der Waals surface area contributed by atoms with E-state index < -0.39 is 5.54 Å². The van der Waals surface area contributed by atoms with E-state index in [0.717, 1.165) is 25.7 Å². The molecule has 1 aliphatic rings. The highest BCUT2D eigenvalue weighted by Crippen LogP contribution is 2.32. The lowest BCUT2D eigenvalue weighted by Gasteiger charge is -2.38. The summed E-state index contributed by atoms with van der Waals surface area (Å²) in [6.07, 6.45) is 3.66. The molecular formula is C16H24N2O3. The molecule has 116 valence electrons. The van der Waals surface area contributed by atoms with Gasteiger partial charge >= 0.3 is 0 Å². The lowest BCUT2D eigenvalue weighted by Crippen LogP contribution is -2.53. The number of amides is 1. The first-order valence-corrected chi connectivity index (χ1v) is 7.36. The van der Waals surface area contributed by atoms with E-state index >= 15 is 0 Å². The number of anilines is 1. The number of benzene rings is 1. The van der Waals surface area contributed by atoms with E-state index in [4.69, 9.17) is 10.5 Å². The summed E-state index contributed by atoms with van der Waals surface area (Å²) in [5.41, 5.74) is 6.24. The number of hydrogen-bond acceptors (Lipinski definition) is 4. The minimum atomic E-state index is -0.502. The van der Waals surface area contributed by atoms with E-state index in [1.165, 1.54) is 7.11 Å². The Balaban J connectivity index is 2.13. The molecule has 1 aromatic carbocycles. The first kappa shape index (κ1) is 15.6. The molecule has 0 radical (unpaired) electrons. The molecule has 0 aromatic heterocycles. The predicted molar refractivity (Wildman–Crippen MR) is 82.3 cm³/mol. The largest absolute Gasteiger partial charge is 0.495 e. The van der Waals surface area contributed by atoms with Gasteiger partial charge in [0, 0.05) is 5.56 Å². The van der Waals surface area contributed by atoms with Crippen LogP contribution in [0.4, 0.5) is 5.69 Å². The molecule has 5 nitrogen and oxygen atoms in total. The summed E-state index contributed by atoms with van der Waals surface area (Å²) in [6, 6.07) is 4.95.